The van der Waals surface area contributed by atoms with E-state index in [4.69, 9.17) is 17.2 Å². The van der Waals surface area contributed by atoms with Crippen LogP contribution >= 0.6 is 0 Å². The summed E-state index contributed by atoms with van der Waals surface area (Å²) in [6, 6.07) is 0. The Labute approximate surface area is 214 Å². The van der Waals surface area contributed by atoms with Gasteiger partial charge in [-0.3, -0.25) is 14.4 Å². The van der Waals surface area contributed by atoms with E-state index >= 15 is 0 Å². The molecule has 6 N–H and O–H groups in total. The number of carbonyl (C=O) groups is 3. The molecular weight excluding hydrogens is 450 g/mol. The average Bonchev–Trinajstić information content (AvgIpc) is 2.96. The summed E-state index contributed by atoms with van der Waals surface area (Å²) in [6.45, 7) is 0.586. The Bertz CT molecular complexity index is 928. The Morgan fingerprint density at radius 1 is 0.528 bits per heavy atom. The van der Waals surface area contributed by atoms with E-state index in [2.05, 4.69) is 0 Å². The monoisotopic (exact) mass is 489 g/mol. The van der Waals surface area contributed by atoms with Crippen LogP contribution < -0.4 is 17.2 Å². The number of Topliss-reactive ketones (excluding diaryl/α,β-unsaturated/α-hetero) is 3. The van der Waals surface area contributed by atoms with Crippen molar-refractivity contribution < 1.29 is 14.4 Å². The molecule has 0 aromatic carbocycles. The molecule has 6 nitrogen and oxygen atoms in total. The maximum absolute atomic E-state index is 14.0. The van der Waals surface area contributed by atoms with Gasteiger partial charge < -0.3 is 17.2 Å². The van der Waals surface area contributed by atoms with Gasteiger partial charge in [0.15, 0.2) is 0 Å². The number of allylic oxidation sites excluding steroid dienone is 9. The Kier molecular flexibility index (Phi) is 7.88. The minimum Gasteiger partial charge on any atom is -0.329 e. The zero-order chi connectivity index (χ0) is 25.8. The Morgan fingerprint density at radius 3 is 1.00 bits per heavy atom. The molecule has 4 aliphatic carbocycles. The van der Waals surface area contributed by atoms with Gasteiger partial charge in [-0.05, 0) is 38.5 Å². The molecule has 3 unspecified atom stereocenters. The van der Waals surface area contributed by atoms with E-state index in [0.717, 1.165) is 0 Å². The van der Waals surface area contributed by atoms with Crippen LogP contribution in [0.25, 0.3) is 0 Å². The molecule has 0 amide bonds. The fourth-order valence-corrected chi connectivity index (χ4v) is 6.48. The SMILES string of the molecule is NCC1(C(=O)C2CC(C(=O)C3(CN)C=CC=CC3)CC(C(=O)C3(CN)C=CC=CC3)C2)C=CC=CC1. The molecule has 0 radical (unpaired) electrons. The number of rotatable bonds is 9. The highest BCUT2D eigenvalue weighted by Gasteiger charge is 2.50. The first-order chi connectivity index (χ1) is 17.4. The van der Waals surface area contributed by atoms with Gasteiger partial charge in [-0.15, -0.1) is 0 Å². The van der Waals surface area contributed by atoms with Gasteiger partial charge in [0.1, 0.15) is 17.3 Å². The van der Waals surface area contributed by atoms with Crippen LogP contribution in [-0.4, -0.2) is 37.0 Å². The van der Waals surface area contributed by atoms with Crippen molar-refractivity contribution in [1.82, 2.24) is 0 Å². The van der Waals surface area contributed by atoms with Crippen molar-refractivity contribution in [2.24, 2.45) is 51.2 Å². The number of ketones is 3. The van der Waals surface area contributed by atoms with Crippen molar-refractivity contribution in [2.75, 3.05) is 19.6 Å². The van der Waals surface area contributed by atoms with E-state index in [1.807, 2.05) is 72.9 Å². The first-order valence-electron chi connectivity index (χ1n) is 13.1. The van der Waals surface area contributed by atoms with Gasteiger partial charge >= 0.3 is 0 Å². The van der Waals surface area contributed by atoms with Gasteiger partial charge in [-0.25, -0.2) is 0 Å². The molecule has 192 valence electrons. The molecule has 4 rings (SSSR count). The van der Waals surface area contributed by atoms with Crippen molar-refractivity contribution in [2.45, 2.75) is 38.5 Å². The van der Waals surface area contributed by atoms with E-state index in [-0.39, 0.29) is 37.0 Å². The van der Waals surface area contributed by atoms with Crippen molar-refractivity contribution >= 4 is 17.3 Å². The van der Waals surface area contributed by atoms with Gasteiger partial charge in [0.25, 0.3) is 0 Å². The van der Waals surface area contributed by atoms with Crippen LogP contribution in [0, 0.1) is 34.0 Å². The lowest BCUT2D eigenvalue weighted by atomic mass is 9.59. The highest BCUT2D eigenvalue weighted by Crippen LogP contribution is 2.46. The molecule has 0 aromatic heterocycles. The molecule has 0 bridgehead atoms. The molecule has 0 saturated heterocycles. The van der Waals surface area contributed by atoms with E-state index in [0.29, 0.717) is 38.5 Å². The number of carbonyl (C=O) groups excluding carboxylic acids is 3. The number of hydrogen-bond donors (Lipinski definition) is 3. The minimum absolute atomic E-state index is 0.0302. The van der Waals surface area contributed by atoms with Crippen LogP contribution in [0.4, 0.5) is 0 Å². The highest BCUT2D eigenvalue weighted by atomic mass is 16.1. The molecule has 36 heavy (non-hydrogen) atoms. The summed E-state index contributed by atoms with van der Waals surface area (Å²) in [5, 5.41) is 0. The van der Waals surface area contributed by atoms with E-state index in [1.165, 1.54) is 0 Å². The first kappa shape index (κ1) is 26.4. The van der Waals surface area contributed by atoms with Crippen LogP contribution in [-0.2, 0) is 14.4 Å². The van der Waals surface area contributed by atoms with Gasteiger partial charge in [0, 0.05) is 37.4 Å². The quantitative estimate of drug-likeness (QED) is 0.456. The summed E-state index contributed by atoms with van der Waals surface area (Å²) in [4.78, 5) is 42.0. The molecule has 4 aliphatic rings. The summed E-state index contributed by atoms with van der Waals surface area (Å²) in [7, 11) is 0. The third kappa shape index (κ3) is 4.70. The summed E-state index contributed by atoms with van der Waals surface area (Å²) in [5.41, 5.74) is 16.1. The number of hydrogen-bond acceptors (Lipinski definition) is 6. The smallest absolute Gasteiger partial charge is 0.147 e. The predicted octanol–water partition coefficient (Wildman–Crippen LogP) is 3.11. The summed E-state index contributed by atoms with van der Waals surface area (Å²) in [6.07, 6.45) is 25.8. The van der Waals surface area contributed by atoms with Crippen LogP contribution in [0.1, 0.15) is 38.5 Å². The van der Waals surface area contributed by atoms with Crippen molar-refractivity contribution in [3.63, 3.8) is 0 Å². The maximum Gasteiger partial charge on any atom is 0.147 e. The fourth-order valence-electron chi connectivity index (χ4n) is 6.48. The summed E-state index contributed by atoms with van der Waals surface area (Å²) in [5.74, 6) is -1.21. The second-order valence-corrected chi connectivity index (χ2v) is 10.9. The minimum atomic E-state index is -0.796. The van der Waals surface area contributed by atoms with Crippen LogP contribution in [0.3, 0.4) is 0 Å². The molecule has 0 heterocycles. The van der Waals surface area contributed by atoms with Crippen molar-refractivity contribution in [1.29, 1.82) is 0 Å². The van der Waals surface area contributed by atoms with E-state index in [1.54, 1.807) is 0 Å². The fraction of sp³-hybridized carbons (Fsp3) is 0.500. The molecule has 0 aliphatic heterocycles. The second-order valence-electron chi connectivity index (χ2n) is 10.9. The van der Waals surface area contributed by atoms with Crippen molar-refractivity contribution in [3.8, 4) is 0 Å². The van der Waals surface area contributed by atoms with Gasteiger partial charge in [0.2, 0.25) is 0 Å². The molecular formula is C30H39N3O3. The highest BCUT2D eigenvalue weighted by molar-refractivity contribution is 5.96. The lowest BCUT2D eigenvalue weighted by molar-refractivity contribution is -0.140. The number of nitrogens with two attached hydrogens (primary N) is 3. The molecule has 6 heteroatoms. The Morgan fingerprint density at radius 2 is 0.806 bits per heavy atom. The zero-order valence-corrected chi connectivity index (χ0v) is 21.0. The van der Waals surface area contributed by atoms with Crippen LogP contribution in [0.5, 0.6) is 0 Å². The van der Waals surface area contributed by atoms with Crippen LogP contribution in [0.15, 0.2) is 72.9 Å². The topological polar surface area (TPSA) is 129 Å². The average molecular weight is 490 g/mol. The first-order valence-corrected chi connectivity index (χ1v) is 13.1. The Balaban J connectivity index is 1.67. The van der Waals surface area contributed by atoms with E-state index in [9.17, 15) is 14.4 Å². The third-order valence-electron chi connectivity index (χ3n) is 8.82. The lowest BCUT2D eigenvalue weighted by Gasteiger charge is -2.42. The second kappa shape index (κ2) is 10.8. The van der Waals surface area contributed by atoms with Gasteiger partial charge in [0.05, 0.1) is 16.2 Å². The van der Waals surface area contributed by atoms with Crippen LogP contribution in [0.2, 0.25) is 0 Å². The van der Waals surface area contributed by atoms with Gasteiger partial charge in [-0.1, -0.05) is 72.9 Å². The summed E-state index contributed by atoms with van der Waals surface area (Å²) < 4.78 is 0. The lowest BCUT2D eigenvalue weighted by Crippen LogP contribution is -2.50. The standard InChI is InChI=1S/C30H39N3O3/c31-19-28(10-4-1-5-11-28)25(34)22-16-23(26(35)29(20-32)12-6-2-7-13-29)18-24(17-22)27(36)30(21-33)14-8-3-9-15-30/h1-10,12,14,22-24H,11,13,15-21,31-33H2. The normalized spacial score (nSPS) is 37.2. The Hall–Kier alpha value is -2.67. The summed E-state index contributed by atoms with van der Waals surface area (Å²) >= 11 is 0. The predicted molar refractivity (Wildman–Crippen MR) is 142 cm³/mol. The molecule has 0 spiro atoms. The molecule has 1 fully saturated rings. The third-order valence-corrected chi connectivity index (χ3v) is 8.82. The largest absolute Gasteiger partial charge is 0.329 e. The van der Waals surface area contributed by atoms with E-state index < -0.39 is 34.0 Å². The molecule has 3 atom stereocenters. The van der Waals surface area contributed by atoms with Crippen molar-refractivity contribution in [3.05, 3.63) is 72.9 Å². The maximum atomic E-state index is 14.0. The molecule has 0 aromatic rings. The van der Waals surface area contributed by atoms with Gasteiger partial charge in [-0.2, -0.15) is 0 Å². The zero-order valence-electron chi connectivity index (χ0n) is 21.0. The molecule has 1 saturated carbocycles.